The van der Waals surface area contributed by atoms with Crippen LogP contribution in [-0.4, -0.2) is 18.5 Å². The summed E-state index contributed by atoms with van der Waals surface area (Å²) in [6, 6.07) is 0.569. The van der Waals surface area contributed by atoms with Gasteiger partial charge >= 0.3 is 0 Å². The Hall–Kier alpha value is -0.180. The lowest BCUT2D eigenvalue weighted by Crippen LogP contribution is -2.41. The van der Waals surface area contributed by atoms with E-state index in [0.29, 0.717) is 18.4 Å². The van der Waals surface area contributed by atoms with Crippen LogP contribution in [0.1, 0.15) is 58.3 Å². The molecule has 1 N–H and O–H groups in total. The SMILES string of the molecule is CC1CCCCC1NCC1CCCC(F)(F)C1. The van der Waals surface area contributed by atoms with E-state index in [4.69, 9.17) is 0 Å². The highest BCUT2D eigenvalue weighted by Gasteiger charge is 2.36. The van der Waals surface area contributed by atoms with Gasteiger partial charge in [0.25, 0.3) is 0 Å². The summed E-state index contributed by atoms with van der Waals surface area (Å²) in [5.74, 6) is -1.50. The van der Waals surface area contributed by atoms with E-state index < -0.39 is 5.92 Å². The van der Waals surface area contributed by atoms with Gasteiger partial charge in [-0.2, -0.15) is 0 Å². The number of hydrogen-bond acceptors (Lipinski definition) is 1. The van der Waals surface area contributed by atoms with E-state index in [1.54, 1.807) is 0 Å². The second-order valence-corrected chi connectivity index (χ2v) is 6.09. The predicted octanol–water partition coefficient (Wildman–Crippen LogP) is 3.98. The van der Waals surface area contributed by atoms with Crippen molar-refractivity contribution in [3.05, 3.63) is 0 Å². The van der Waals surface area contributed by atoms with E-state index in [-0.39, 0.29) is 18.8 Å². The van der Waals surface area contributed by atoms with Crippen LogP contribution >= 0.6 is 0 Å². The summed E-state index contributed by atoms with van der Waals surface area (Å²) in [6.07, 6.45) is 7.01. The molecule has 0 radical (unpaired) electrons. The zero-order valence-electron chi connectivity index (χ0n) is 10.9. The zero-order valence-corrected chi connectivity index (χ0v) is 10.9. The Morgan fingerprint density at radius 1 is 1.12 bits per heavy atom. The largest absolute Gasteiger partial charge is 0.313 e. The van der Waals surface area contributed by atoms with Gasteiger partial charge in [-0.3, -0.25) is 0 Å². The molecule has 0 bridgehead atoms. The van der Waals surface area contributed by atoms with Crippen LogP contribution in [0.3, 0.4) is 0 Å². The van der Waals surface area contributed by atoms with E-state index in [2.05, 4.69) is 12.2 Å². The summed E-state index contributed by atoms with van der Waals surface area (Å²) in [4.78, 5) is 0. The van der Waals surface area contributed by atoms with E-state index in [1.165, 1.54) is 25.7 Å². The first-order valence-electron chi connectivity index (χ1n) is 7.18. The molecule has 0 aromatic heterocycles. The first-order valence-corrected chi connectivity index (χ1v) is 7.18. The van der Waals surface area contributed by atoms with Crippen molar-refractivity contribution in [2.45, 2.75) is 70.3 Å². The minimum Gasteiger partial charge on any atom is -0.313 e. The van der Waals surface area contributed by atoms with Crippen LogP contribution in [0, 0.1) is 11.8 Å². The fourth-order valence-electron chi connectivity index (χ4n) is 3.39. The normalized spacial score (nSPS) is 37.9. The zero-order chi connectivity index (χ0) is 12.3. The van der Waals surface area contributed by atoms with Gasteiger partial charge in [0.05, 0.1) is 0 Å². The maximum absolute atomic E-state index is 13.3. The second-order valence-electron chi connectivity index (χ2n) is 6.09. The van der Waals surface area contributed by atoms with Crippen LogP contribution in [0.15, 0.2) is 0 Å². The monoisotopic (exact) mass is 245 g/mol. The Morgan fingerprint density at radius 3 is 2.59 bits per heavy atom. The number of hydrogen-bond donors (Lipinski definition) is 1. The van der Waals surface area contributed by atoms with Gasteiger partial charge in [-0.25, -0.2) is 8.78 Å². The summed E-state index contributed by atoms with van der Waals surface area (Å²) in [7, 11) is 0. The number of alkyl halides is 2. The van der Waals surface area contributed by atoms with Crippen LogP contribution in [-0.2, 0) is 0 Å². The Morgan fingerprint density at radius 2 is 1.88 bits per heavy atom. The molecule has 0 aliphatic heterocycles. The van der Waals surface area contributed by atoms with Crippen LogP contribution in [0.4, 0.5) is 8.78 Å². The molecule has 3 atom stereocenters. The Balaban J connectivity index is 1.73. The van der Waals surface area contributed by atoms with Crippen LogP contribution in [0.2, 0.25) is 0 Å². The number of halogens is 2. The molecule has 0 spiro atoms. The van der Waals surface area contributed by atoms with E-state index in [1.807, 2.05) is 0 Å². The molecule has 3 heteroatoms. The number of rotatable bonds is 3. The van der Waals surface area contributed by atoms with Gasteiger partial charge in [0.1, 0.15) is 0 Å². The Kier molecular flexibility index (Phi) is 4.40. The minimum absolute atomic E-state index is 0.0983. The van der Waals surface area contributed by atoms with Gasteiger partial charge in [-0.05, 0) is 44.1 Å². The van der Waals surface area contributed by atoms with Gasteiger partial charge in [0, 0.05) is 18.9 Å². The summed E-state index contributed by atoms with van der Waals surface area (Å²) in [6.45, 7) is 3.08. The molecule has 3 unspecified atom stereocenters. The Labute approximate surface area is 103 Å². The highest BCUT2D eigenvalue weighted by atomic mass is 19.3. The van der Waals surface area contributed by atoms with E-state index in [9.17, 15) is 8.78 Å². The van der Waals surface area contributed by atoms with Crippen LogP contribution in [0.25, 0.3) is 0 Å². The molecule has 0 amide bonds. The first-order chi connectivity index (χ1) is 8.07. The molecule has 0 aromatic rings. The summed E-state index contributed by atoms with van der Waals surface area (Å²) in [5.41, 5.74) is 0. The van der Waals surface area contributed by atoms with Crippen molar-refractivity contribution >= 4 is 0 Å². The molecule has 0 saturated heterocycles. The lowest BCUT2D eigenvalue weighted by Gasteiger charge is -2.33. The minimum atomic E-state index is -2.40. The molecular formula is C14H25F2N. The van der Waals surface area contributed by atoms with E-state index in [0.717, 1.165) is 13.0 Å². The van der Waals surface area contributed by atoms with Crippen molar-refractivity contribution in [2.24, 2.45) is 11.8 Å². The van der Waals surface area contributed by atoms with Crippen molar-refractivity contribution in [3.8, 4) is 0 Å². The standard InChI is InChI=1S/C14H25F2N/c1-11-5-2-3-7-13(11)17-10-12-6-4-8-14(15,16)9-12/h11-13,17H,2-10H2,1H3. The smallest absolute Gasteiger partial charge is 0.248 e. The van der Waals surface area contributed by atoms with Crippen molar-refractivity contribution in [1.82, 2.24) is 5.32 Å². The molecule has 1 nitrogen and oxygen atoms in total. The molecular weight excluding hydrogens is 220 g/mol. The molecule has 2 fully saturated rings. The van der Waals surface area contributed by atoms with Gasteiger partial charge in [-0.15, -0.1) is 0 Å². The van der Waals surface area contributed by atoms with Gasteiger partial charge < -0.3 is 5.32 Å². The van der Waals surface area contributed by atoms with Crippen molar-refractivity contribution < 1.29 is 8.78 Å². The number of nitrogens with one attached hydrogen (secondary N) is 1. The lowest BCUT2D eigenvalue weighted by atomic mass is 9.83. The average molecular weight is 245 g/mol. The quantitative estimate of drug-likeness (QED) is 0.793. The van der Waals surface area contributed by atoms with Gasteiger partial charge in [0.15, 0.2) is 0 Å². The van der Waals surface area contributed by atoms with Crippen molar-refractivity contribution in [1.29, 1.82) is 0 Å². The topological polar surface area (TPSA) is 12.0 Å². The van der Waals surface area contributed by atoms with Crippen LogP contribution in [0.5, 0.6) is 0 Å². The average Bonchev–Trinajstić information content (AvgIpc) is 2.27. The maximum atomic E-state index is 13.3. The molecule has 100 valence electrons. The summed E-state index contributed by atoms with van der Waals surface area (Å²) < 4.78 is 26.5. The highest BCUT2D eigenvalue weighted by molar-refractivity contribution is 4.83. The molecule has 2 aliphatic carbocycles. The van der Waals surface area contributed by atoms with Crippen LogP contribution < -0.4 is 5.32 Å². The molecule has 0 heterocycles. The lowest BCUT2D eigenvalue weighted by molar-refractivity contribution is -0.0525. The predicted molar refractivity (Wildman–Crippen MR) is 66.3 cm³/mol. The van der Waals surface area contributed by atoms with Gasteiger partial charge in [-0.1, -0.05) is 19.8 Å². The highest BCUT2D eigenvalue weighted by Crippen LogP contribution is 2.36. The molecule has 2 saturated carbocycles. The molecule has 2 aliphatic rings. The summed E-state index contributed by atoms with van der Waals surface area (Å²) in [5, 5.41) is 3.55. The van der Waals surface area contributed by atoms with E-state index >= 15 is 0 Å². The third-order valence-electron chi connectivity index (χ3n) is 4.52. The maximum Gasteiger partial charge on any atom is 0.248 e. The molecule has 17 heavy (non-hydrogen) atoms. The third kappa shape index (κ3) is 3.90. The second kappa shape index (κ2) is 5.64. The summed E-state index contributed by atoms with van der Waals surface area (Å²) >= 11 is 0. The fourth-order valence-corrected chi connectivity index (χ4v) is 3.39. The van der Waals surface area contributed by atoms with Gasteiger partial charge in [0.2, 0.25) is 5.92 Å². The fraction of sp³-hybridized carbons (Fsp3) is 1.00. The van der Waals surface area contributed by atoms with Crippen molar-refractivity contribution in [2.75, 3.05) is 6.54 Å². The van der Waals surface area contributed by atoms with Crippen molar-refractivity contribution in [3.63, 3.8) is 0 Å². The Bertz CT molecular complexity index is 242. The molecule has 0 aromatic carbocycles. The third-order valence-corrected chi connectivity index (χ3v) is 4.52. The molecule has 2 rings (SSSR count). The first kappa shape index (κ1) is 13.3.